The summed E-state index contributed by atoms with van der Waals surface area (Å²) in [5.74, 6) is -1.05. The largest absolute Gasteiger partial charge is 0.466 e. The number of Topliss-reactive ketones (excluding diaryl/α,β-unsaturated/α-hetero) is 1. The maximum absolute atomic E-state index is 12.6. The van der Waals surface area contributed by atoms with Gasteiger partial charge >= 0.3 is 11.9 Å². The number of unbranched alkanes of at least 4 members (excludes halogenated alkanes) is 12. The first-order chi connectivity index (χ1) is 15.1. The van der Waals surface area contributed by atoms with Crippen LogP contribution in [0.4, 0.5) is 0 Å². The van der Waals surface area contributed by atoms with E-state index in [1.54, 1.807) is 6.92 Å². The van der Waals surface area contributed by atoms with E-state index >= 15 is 0 Å². The highest BCUT2D eigenvalue weighted by Gasteiger charge is 2.26. The van der Waals surface area contributed by atoms with Gasteiger partial charge in [0.15, 0.2) is 0 Å². The molecule has 5 nitrogen and oxygen atoms in total. The van der Waals surface area contributed by atoms with Crippen molar-refractivity contribution in [3.8, 4) is 0 Å². The Morgan fingerprint density at radius 3 is 1.61 bits per heavy atom. The van der Waals surface area contributed by atoms with E-state index in [9.17, 15) is 14.4 Å². The first-order valence-electron chi connectivity index (χ1n) is 12.9. The van der Waals surface area contributed by atoms with Gasteiger partial charge < -0.3 is 9.47 Å². The minimum atomic E-state index is -0.603. The molecule has 0 fully saturated rings. The predicted molar refractivity (Wildman–Crippen MR) is 126 cm³/mol. The van der Waals surface area contributed by atoms with Crippen LogP contribution in [0.5, 0.6) is 0 Å². The predicted octanol–water partition coefficient (Wildman–Crippen LogP) is 6.95. The Balaban J connectivity index is 4.00. The fourth-order valence-electron chi connectivity index (χ4n) is 3.82. The maximum atomic E-state index is 12.6. The van der Waals surface area contributed by atoms with Crippen molar-refractivity contribution in [3.05, 3.63) is 0 Å². The summed E-state index contributed by atoms with van der Waals surface area (Å²) >= 11 is 0. The van der Waals surface area contributed by atoms with E-state index in [-0.39, 0.29) is 17.7 Å². The lowest BCUT2D eigenvalue weighted by atomic mass is 9.93. The third kappa shape index (κ3) is 17.9. The Morgan fingerprint density at radius 2 is 1.06 bits per heavy atom. The second-order valence-electron chi connectivity index (χ2n) is 8.46. The molecule has 0 aliphatic carbocycles. The van der Waals surface area contributed by atoms with E-state index in [0.717, 1.165) is 44.9 Å². The van der Waals surface area contributed by atoms with E-state index in [0.29, 0.717) is 32.5 Å². The highest BCUT2D eigenvalue weighted by Crippen LogP contribution is 2.19. The molecule has 0 aromatic heterocycles. The number of rotatable bonds is 22. The molecule has 0 saturated heterocycles. The minimum absolute atomic E-state index is 0.0451. The van der Waals surface area contributed by atoms with Crippen molar-refractivity contribution >= 4 is 17.7 Å². The second-order valence-corrected chi connectivity index (χ2v) is 8.46. The molecule has 0 radical (unpaired) electrons. The number of ether oxygens (including phenoxy) is 2. The van der Waals surface area contributed by atoms with Crippen molar-refractivity contribution in [3.63, 3.8) is 0 Å². The van der Waals surface area contributed by atoms with Crippen LogP contribution < -0.4 is 0 Å². The standard InChI is InChI=1S/C26H48O5/c1-4-7-8-9-10-11-12-15-18-21-24(27)23(26(29)31-6-3)20-17-14-13-16-19-22-25(28)30-5-2/h23H,4-22H2,1-3H3. The zero-order chi connectivity index (χ0) is 23.2. The first kappa shape index (κ1) is 29.6. The second kappa shape index (κ2) is 21.8. The van der Waals surface area contributed by atoms with Crippen LogP contribution in [0, 0.1) is 5.92 Å². The van der Waals surface area contributed by atoms with E-state index in [2.05, 4.69) is 6.92 Å². The molecule has 0 aromatic carbocycles. The van der Waals surface area contributed by atoms with Crippen LogP contribution in [-0.2, 0) is 23.9 Å². The first-order valence-corrected chi connectivity index (χ1v) is 12.9. The molecule has 0 aliphatic rings. The average Bonchev–Trinajstić information content (AvgIpc) is 2.74. The Bertz CT molecular complexity index is 461. The van der Waals surface area contributed by atoms with Crippen molar-refractivity contribution < 1.29 is 23.9 Å². The number of hydrogen-bond acceptors (Lipinski definition) is 5. The van der Waals surface area contributed by atoms with E-state index in [4.69, 9.17) is 9.47 Å². The number of ketones is 1. The van der Waals surface area contributed by atoms with Gasteiger partial charge in [0.25, 0.3) is 0 Å². The molecule has 0 amide bonds. The van der Waals surface area contributed by atoms with Crippen LogP contribution >= 0.6 is 0 Å². The molecule has 5 heteroatoms. The monoisotopic (exact) mass is 440 g/mol. The molecule has 0 saturated carbocycles. The Kier molecular flexibility index (Phi) is 20.8. The lowest BCUT2D eigenvalue weighted by Gasteiger charge is -2.14. The van der Waals surface area contributed by atoms with Gasteiger partial charge in [-0.15, -0.1) is 0 Å². The maximum Gasteiger partial charge on any atom is 0.316 e. The summed E-state index contributed by atoms with van der Waals surface area (Å²) in [5.41, 5.74) is 0. The van der Waals surface area contributed by atoms with Crippen LogP contribution in [0.2, 0.25) is 0 Å². The number of carbonyl (C=O) groups is 3. The molecule has 0 aromatic rings. The molecule has 0 N–H and O–H groups in total. The van der Waals surface area contributed by atoms with Crippen molar-refractivity contribution in [1.82, 2.24) is 0 Å². The van der Waals surface area contributed by atoms with E-state index in [1.165, 1.54) is 44.9 Å². The van der Waals surface area contributed by atoms with Crippen LogP contribution in [0.25, 0.3) is 0 Å². The topological polar surface area (TPSA) is 69.7 Å². The molecule has 0 bridgehead atoms. The molecular weight excluding hydrogens is 392 g/mol. The zero-order valence-electron chi connectivity index (χ0n) is 20.6. The van der Waals surface area contributed by atoms with Gasteiger partial charge in [-0.3, -0.25) is 14.4 Å². The molecular formula is C26H48O5. The molecule has 31 heavy (non-hydrogen) atoms. The lowest BCUT2D eigenvalue weighted by Crippen LogP contribution is -2.26. The van der Waals surface area contributed by atoms with Gasteiger partial charge in [0, 0.05) is 12.8 Å². The molecule has 1 atom stereocenters. The zero-order valence-corrected chi connectivity index (χ0v) is 20.6. The van der Waals surface area contributed by atoms with Gasteiger partial charge in [0.2, 0.25) is 0 Å². The van der Waals surface area contributed by atoms with Crippen LogP contribution in [0.1, 0.15) is 130 Å². The Hall–Kier alpha value is -1.39. The number of carbonyl (C=O) groups excluding carboxylic acids is 3. The van der Waals surface area contributed by atoms with Gasteiger partial charge in [-0.2, -0.15) is 0 Å². The summed E-state index contributed by atoms with van der Waals surface area (Å²) in [7, 11) is 0. The molecule has 0 aliphatic heterocycles. The van der Waals surface area contributed by atoms with E-state index < -0.39 is 5.92 Å². The number of esters is 2. The van der Waals surface area contributed by atoms with E-state index in [1.807, 2.05) is 6.92 Å². The SMILES string of the molecule is CCCCCCCCCCCC(=O)C(CCCCCCCC(=O)OCC)C(=O)OCC. The summed E-state index contributed by atoms with van der Waals surface area (Å²) in [6.07, 6.45) is 17.0. The quantitative estimate of drug-likeness (QED) is 0.103. The summed E-state index contributed by atoms with van der Waals surface area (Å²) < 4.78 is 10.1. The summed E-state index contributed by atoms with van der Waals surface area (Å²) in [5, 5.41) is 0. The molecule has 0 rings (SSSR count). The molecule has 0 spiro atoms. The number of hydrogen-bond donors (Lipinski definition) is 0. The van der Waals surface area contributed by atoms with Gasteiger partial charge in [-0.1, -0.05) is 84.0 Å². The molecule has 182 valence electrons. The van der Waals surface area contributed by atoms with Gasteiger partial charge in [0.1, 0.15) is 11.7 Å². The lowest BCUT2D eigenvalue weighted by molar-refractivity contribution is -0.152. The Morgan fingerprint density at radius 1 is 0.581 bits per heavy atom. The third-order valence-corrected chi connectivity index (χ3v) is 5.67. The van der Waals surface area contributed by atoms with Gasteiger partial charge in [-0.25, -0.2) is 0 Å². The van der Waals surface area contributed by atoms with Gasteiger partial charge in [-0.05, 0) is 33.1 Å². The highest BCUT2D eigenvalue weighted by atomic mass is 16.5. The van der Waals surface area contributed by atoms with Gasteiger partial charge in [0.05, 0.1) is 13.2 Å². The third-order valence-electron chi connectivity index (χ3n) is 5.67. The van der Waals surface area contributed by atoms with Crippen molar-refractivity contribution in [1.29, 1.82) is 0 Å². The van der Waals surface area contributed by atoms with Crippen LogP contribution in [0.3, 0.4) is 0 Å². The highest BCUT2D eigenvalue weighted by molar-refractivity contribution is 5.98. The molecule has 0 heterocycles. The summed E-state index contributed by atoms with van der Waals surface area (Å²) in [6.45, 7) is 6.57. The van der Waals surface area contributed by atoms with Crippen molar-refractivity contribution in [2.75, 3.05) is 13.2 Å². The normalized spacial score (nSPS) is 11.8. The smallest absolute Gasteiger partial charge is 0.316 e. The van der Waals surface area contributed by atoms with Crippen LogP contribution in [0.15, 0.2) is 0 Å². The van der Waals surface area contributed by atoms with Crippen LogP contribution in [-0.4, -0.2) is 30.9 Å². The summed E-state index contributed by atoms with van der Waals surface area (Å²) in [6, 6.07) is 0. The van der Waals surface area contributed by atoms with Crippen molar-refractivity contribution in [2.45, 2.75) is 130 Å². The summed E-state index contributed by atoms with van der Waals surface area (Å²) in [4.78, 5) is 36.2. The van der Waals surface area contributed by atoms with Crippen molar-refractivity contribution in [2.24, 2.45) is 5.92 Å². The average molecular weight is 441 g/mol. The fourth-order valence-corrected chi connectivity index (χ4v) is 3.82. The molecule has 1 unspecified atom stereocenters. The Labute approximate surface area is 191 Å². The fraction of sp³-hybridized carbons (Fsp3) is 0.885. The minimum Gasteiger partial charge on any atom is -0.466 e.